The van der Waals surface area contributed by atoms with Crippen molar-refractivity contribution in [3.8, 4) is 5.75 Å². The van der Waals surface area contributed by atoms with Crippen molar-refractivity contribution in [2.24, 2.45) is 11.8 Å². The van der Waals surface area contributed by atoms with Crippen LogP contribution >= 0.6 is 0 Å². The molecule has 1 saturated carbocycles. The summed E-state index contributed by atoms with van der Waals surface area (Å²) in [5, 5.41) is 16.2. The summed E-state index contributed by atoms with van der Waals surface area (Å²) in [5.74, 6) is -1.70. The van der Waals surface area contributed by atoms with E-state index in [0.717, 1.165) is 0 Å². The molecule has 2 rings (SSSR count). The van der Waals surface area contributed by atoms with E-state index in [-0.39, 0.29) is 48.8 Å². The third kappa shape index (κ3) is 8.63. The predicted molar refractivity (Wildman–Crippen MR) is 142 cm³/mol. The SMILES string of the molecule is CCOC(=O)CCNC(=O)C(c1ccccc1O)N(C(=O)C(NC(=O)OC(C)(C)C)C(C)CC)C1CC1C. The lowest BCUT2D eigenvalue weighted by Crippen LogP contribution is -2.56. The molecular weight excluding hydrogens is 490 g/mol. The van der Waals surface area contributed by atoms with Crippen molar-refractivity contribution in [1.82, 2.24) is 15.5 Å². The first-order valence-corrected chi connectivity index (χ1v) is 13.3. The van der Waals surface area contributed by atoms with Crippen molar-refractivity contribution in [2.75, 3.05) is 13.2 Å². The van der Waals surface area contributed by atoms with E-state index in [0.29, 0.717) is 12.8 Å². The topological polar surface area (TPSA) is 134 Å². The second-order valence-electron chi connectivity index (χ2n) is 10.8. The maximum Gasteiger partial charge on any atom is 0.408 e. The standard InChI is InChI=1S/C28H43N3O7/c1-8-17(3)23(30-27(36)38-28(5,6)7)26(35)31(20-16-18(20)4)24(19-12-10-11-13-21(19)32)25(34)29-15-14-22(33)37-9-2/h10-13,17-18,20,23-24,32H,8-9,14-16H2,1-7H3,(H,29,34)(H,30,36). The van der Waals surface area contributed by atoms with Gasteiger partial charge in [0.25, 0.3) is 0 Å². The molecule has 0 saturated heterocycles. The molecule has 1 fully saturated rings. The summed E-state index contributed by atoms with van der Waals surface area (Å²) in [6, 6.07) is 3.96. The second kappa shape index (κ2) is 13.5. The quantitative estimate of drug-likeness (QED) is 0.349. The number of carbonyl (C=O) groups is 4. The van der Waals surface area contributed by atoms with Crippen LogP contribution in [-0.2, 0) is 23.9 Å². The number of amides is 3. The van der Waals surface area contributed by atoms with Crippen LogP contribution in [0.5, 0.6) is 5.75 Å². The molecule has 212 valence electrons. The molecule has 3 amide bonds. The van der Waals surface area contributed by atoms with Gasteiger partial charge in [-0.15, -0.1) is 0 Å². The van der Waals surface area contributed by atoms with Gasteiger partial charge in [0.05, 0.1) is 13.0 Å². The molecule has 0 aromatic heterocycles. The van der Waals surface area contributed by atoms with E-state index < -0.39 is 41.6 Å². The lowest BCUT2D eigenvalue weighted by molar-refractivity contribution is -0.145. The van der Waals surface area contributed by atoms with E-state index >= 15 is 0 Å². The summed E-state index contributed by atoms with van der Waals surface area (Å²) < 4.78 is 10.3. The summed E-state index contributed by atoms with van der Waals surface area (Å²) in [7, 11) is 0. The van der Waals surface area contributed by atoms with E-state index in [2.05, 4.69) is 10.6 Å². The number of nitrogens with one attached hydrogen (secondary N) is 2. The summed E-state index contributed by atoms with van der Waals surface area (Å²) in [6.07, 6.45) is 0.507. The number of ether oxygens (including phenoxy) is 2. The number of benzene rings is 1. The Balaban J connectivity index is 2.45. The number of hydrogen-bond donors (Lipinski definition) is 3. The molecule has 5 unspecified atom stereocenters. The van der Waals surface area contributed by atoms with Crippen LogP contribution < -0.4 is 10.6 Å². The number of phenols is 1. The molecule has 0 heterocycles. The first-order valence-electron chi connectivity index (χ1n) is 13.3. The number of aromatic hydroxyl groups is 1. The van der Waals surface area contributed by atoms with Crippen molar-refractivity contribution in [1.29, 1.82) is 0 Å². The Labute approximate surface area is 225 Å². The fourth-order valence-electron chi connectivity index (χ4n) is 4.20. The van der Waals surface area contributed by atoms with E-state index in [9.17, 15) is 24.3 Å². The Morgan fingerprint density at radius 2 is 1.79 bits per heavy atom. The van der Waals surface area contributed by atoms with Gasteiger partial charge < -0.3 is 30.1 Å². The number of hydrogen-bond acceptors (Lipinski definition) is 7. The number of alkyl carbamates (subject to hydrolysis) is 1. The lowest BCUT2D eigenvalue weighted by Gasteiger charge is -2.36. The van der Waals surface area contributed by atoms with Crippen LogP contribution in [0, 0.1) is 11.8 Å². The number of nitrogens with zero attached hydrogens (tertiary/aromatic N) is 1. The maximum atomic E-state index is 14.2. The van der Waals surface area contributed by atoms with Gasteiger partial charge in [-0.1, -0.05) is 45.4 Å². The highest BCUT2D eigenvalue weighted by Crippen LogP contribution is 2.42. The number of phenolic OH excluding ortho intramolecular Hbond substituents is 1. The average Bonchev–Trinajstić information content (AvgIpc) is 3.55. The van der Waals surface area contributed by atoms with Gasteiger partial charge in [0.2, 0.25) is 11.8 Å². The molecule has 1 aromatic carbocycles. The third-order valence-electron chi connectivity index (χ3n) is 6.52. The highest BCUT2D eigenvalue weighted by atomic mass is 16.6. The zero-order valence-electron chi connectivity index (χ0n) is 23.6. The number of carbonyl (C=O) groups excluding carboxylic acids is 4. The summed E-state index contributed by atoms with van der Waals surface area (Å²) in [5.41, 5.74) is -0.497. The normalized spacial score (nSPS) is 18.9. The van der Waals surface area contributed by atoms with Crippen molar-refractivity contribution < 1.29 is 33.8 Å². The van der Waals surface area contributed by atoms with E-state index in [4.69, 9.17) is 9.47 Å². The van der Waals surface area contributed by atoms with Gasteiger partial charge in [0.15, 0.2) is 0 Å². The Hall–Kier alpha value is -3.30. The van der Waals surface area contributed by atoms with Crippen LogP contribution in [0.3, 0.4) is 0 Å². The van der Waals surface area contributed by atoms with Crippen LogP contribution in [0.25, 0.3) is 0 Å². The zero-order valence-corrected chi connectivity index (χ0v) is 23.6. The third-order valence-corrected chi connectivity index (χ3v) is 6.52. The van der Waals surface area contributed by atoms with Crippen LogP contribution in [-0.4, -0.2) is 64.7 Å². The van der Waals surface area contributed by atoms with Crippen LogP contribution in [0.2, 0.25) is 0 Å². The number of esters is 1. The molecule has 0 aliphatic heterocycles. The monoisotopic (exact) mass is 533 g/mol. The van der Waals surface area contributed by atoms with E-state index in [1.165, 1.54) is 11.0 Å². The van der Waals surface area contributed by atoms with E-state index in [1.807, 2.05) is 20.8 Å². The molecule has 38 heavy (non-hydrogen) atoms. The summed E-state index contributed by atoms with van der Waals surface area (Å²) in [6.45, 7) is 12.9. The van der Waals surface area contributed by atoms with E-state index in [1.54, 1.807) is 45.9 Å². The predicted octanol–water partition coefficient (Wildman–Crippen LogP) is 3.68. The van der Waals surface area contributed by atoms with Gasteiger partial charge in [-0.2, -0.15) is 0 Å². The molecule has 3 N–H and O–H groups in total. The first-order chi connectivity index (χ1) is 17.8. The fraction of sp³-hybridized carbons (Fsp3) is 0.643. The minimum absolute atomic E-state index is 0.00889. The van der Waals surface area contributed by atoms with Gasteiger partial charge in [0.1, 0.15) is 23.4 Å². The van der Waals surface area contributed by atoms with Gasteiger partial charge >= 0.3 is 12.1 Å². The highest BCUT2D eigenvalue weighted by molar-refractivity contribution is 5.93. The smallest absolute Gasteiger partial charge is 0.408 e. The van der Waals surface area contributed by atoms with Gasteiger partial charge in [-0.25, -0.2) is 4.79 Å². The molecule has 5 atom stereocenters. The summed E-state index contributed by atoms with van der Waals surface area (Å²) >= 11 is 0. The molecule has 10 nitrogen and oxygen atoms in total. The Kier molecular flexibility index (Phi) is 11.0. The maximum absolute atomic E-state index is 14.2. The molecule has 1 aromatic rings. The second-order valence-corrected chi connectivity index (χ2v) is 10.8. The molecule has 0 spiro atoms. The van der Waals surface area contributed by atoms with Crippen LogP contribution in [0.1, 0.15) is 79.3 Å². The molecule has 0 radical (unpaired) electrons. The Morgan fingerprint density at radius 1 is 1.16 bits per heavy atom. The molecule has 1 aliphatic rings. The first kappa shape index (κ1) is 30.9. The van der Waals surface area contributed by atoms with Crippen molar-refractivity contribution >= 4 is 23.9 Å². The number of para-hydroxylation sites is 1. The molecule has 10 heteroatoms. The highest BCUT2D eigenvalue weighted by Gasteiger charge is 2.49. The Morgan fingerprint density at radius 3 is 2.32 bits per heavy atom. The van der Waals surface area contributed by atoms with Crippen LogP contribution in [0.4, 0.5) is 4.79 Å². The summed E-state index contributed by atoms with van der Waals surface area (Å²) in [4.78, 5) is 53.8. The van der Waals surface area contributed by atoms with Gasteiger partial charge in [0, 0.05) is 18.2 Å². The minimum Gasteiger partial charge on any atom is -0.508 e. The molecule has 1 aliphatic carbocycles. The van der Waals surface area contributed by atoms with Crippen molar-refractivity contribution in [3.05, 3.63) is 29.8 Å². The average molecular weight is 534 g/mol. The molecule has 0 bridgehead atoms. The molecular formula is C28H43N3O7. The fourth-order valence-corrected chi connectivity index (χ4v) is 4.20. The minimum atomic E-state index is -1.17. The zero-order chi connectivity index (χ0) is 28.6. The van der Waals surface area contributed by atoms with Crippen molar-refractivity contribution in [3.63, 3.8) is 0 Å². The number of rotatable bonds is 12. The Bertz CT molecular complexity index is 991. The van der Waals surface area contributed by atoms with Crippen molar-refractivity contribution in [2.45, 2.75) is 91.5 Å². The van der Waals surface area contributed by atoms with Gasteiger partial charge in [-0.3, -0.25) is 14.4 Å². The largest absolute Gasteiger partial charge is 0.508 e. The van der Waals surface area contributed by atoms with Crippen LogP contribution in [0.15, 0.2) is 24.3 Å². The lowest BCUT2D eigenvalue weighted by atomic mass is 9.95. The van der Waals surface area contributed by atoms with Gasteiger partial charge in [-0.05, 0) is 52.0 Å².